The molecule has 3 N–H and O–H groups in total. The van der Waals surface area contributed by atoms with E-state index in [1.165, 1.54) is 5.69 Å². The molecule has 2 amide bonds. The van der Waals surface area contributed by atoms with Gasteiger partial charge in [0.1, 0.15) is 5.52 Å². The number of carbonyl (C=O) groups is 1. The molecule has 160 valence electrons. The third kappa shape index (κ3) is 4.09. The standard InChI is InChI=1S/C22H25N7O2/c23-22(30)26-16-5-8-29(14-16)21-20-19(24-6-7-25-20)13-18(27-21)15-1-3-17(4-2-15)28-9-11-31-12-10-28/h1-4,6-7,13,16H,5,8-12,14H2,(H3,23,26,30). The summed E-state index contributed by atoms with van der Waals surface area (Å²) in [6.07, 6.45) is 4.18. The molecular weight excluding hydrogens is 394 g/mol. The number of morpholine rings is 1. The van der Waals surface area contributed by atoms with Crippen LogP contribution in [0.4, 0.5) is 16.3 Å². The molecule has 0 radical (unpaired) electrons. The number of anilines is 2. The maximum Gasteiger partial charge on any atom is 0.312 e. The van der Waals surface area contributed by atoms with Gasteiger partial charge in [0.25, 0.3) is 0 Å². The van der Waals surface area contributed by atoms with Crippen LogP contribution in [-0.4, -0.2) is 66.4 Å². The van der Waals surface area contributed by atoms with Crippen molar-refractivity contribution < 1.29 is 9.53 Å². The van der Waals surface area contributed by atoms with Crippen molar-refractivity contribution in [3.63, 3.8) is 0 Å². The second-order valence-electron chi connectivity index (χ2n) is 7.84. The lowest BCUT2D eigenvalue weighted by atomic mass is 10.1. The van der Waals surface area contributed by atoms with Crippen molar-refractivity contribution in [2.75, 3.05) is 49.2 Å². The van der Waals surface area contributed by atoms with Crippen LogP contribution in [0.2, 0.25) is 0 Å². The second-order valence-corrected chi connectivity index (χ2v) is 7.84. The van der Waals surface area contributed by atoms with E-state index in [0.717, 1.165) is 67.4 Å². The molecule has 2 aliphatic rings. The Bertz CT molecular complexity index is 1080. The number of amides is 2. The minimum atomic E-state index is -0.501. The SMILES string of the molecule is NC(=O)NC1CCN(c2nc(-c3ccc(N4CCOCC4)cc3)cc3nccnc23)C1. The average molecular weight is 419 g/mol. The van der Waals surface area contributed by atoms with Crippen LogP contribution in [0, 0.1) is 0 Å². The Hall–Kier alpha value is -3.46. The molecule has 0 spiro atoms. The van der Waals surface area contributed by atoms with Crippen molar-refractivity contribution in [1.82, 2.24) is 20.3 Å². The van der Waals surface area contributed by atoms with Gasteiger partial charge in [0.2, 0.25) is 0 Å². The van der Waals surface area contributed by atoms with Crippen LogP contribution >= 0.6 is 0 Å². The van der Waals surface area contributed by atoms with Crippen LogP contribution in [-0.2, 0) is 4.74 Å². The largest absolute Gasteiger partial charge is 0.378 e. The summed E-state index contributed by atoms with van der Waals surface area (Å²) < 4.78 is 5.45. The van der Waals surface area contributed by atoms with Gasteiger partial charge < -0.3 is 25.6 Å². The molecule has 2 fully saturated rings. The van der Waals surface area contributed by atoms with Gasteiger partial charge in [-0.05, 0) is 24.6 Å². The highest BCUT2D eigenvalue weighted by Crippen LogP contribution is 2.30. The Labute approximate surface area is 180 Å². The van der Waals surface area contributed by atoms with Gasteiger partial charge in [-0.25, -0.2) is 14.8 Å². The predicted molar refractivity (Wildman–Crippen MR) is 119 cm³/mol. The molecule has 9 heteroatoms. The Morgan fingerprint density at radius 1 is 1.06 bits per heavy atom. The molecule has 0 bridgehead atoms. The number of fused-ring (bicyclic) bond motifs is 1. The first-order valence-corrected chi connectivity index (χ1v) is 10.5. The molecule has 9 nitrogen and oxygen atoms in total. The Morgan fingerprint density at radius 2 is 1.84 bits per heavy atom. The Balaban J connectivity index is 1.46. The summed E-state index contributed by atoms with van der Waals surface area (Å²) in [5.74, 6) is 0.784. The quantitative estimate of drug-likeness (QED) is 0.663. The molecule has 1 unspecified atom stereocenters. The molecule has 0 aliphatic carbocycles. The summed E-state index contributed by atoms with van der Waals surface area (Å²) >= 11 is 0. The molecule has 5 rings (SSSR count). The number of hydrogen-bond acceptors (Lipinski definition) is 7. The second kappa shape index (κ2) is 8.35. The average Bonchev–Trinajstić information content (AvgIpc) is 3.26. The molecule has 2 saturated heterocycles. The lowest BCUT2D eigenvalue weighted by molar-refractivity contribution is 0.122. The lowest BCUT2D eigenvalue weighted by Gasteiger charge is -2.29. The van der Waals surface area contributed by atoms with Crippen LogP contribution in [0.1, 0.15) is 6.42 Å². The molecule has 3 aromatic rings. The number of rotatable bonds is 4. The van der Waals surface area contributed by atoms with Crippen molar-refractivity contribution in [2.45, 2.75) is 12.5 Å². The van der Waals surface area contributed by atoms with Gasteiger partial charge in [-0.3, -0.25) is 4.98 Å². The molecule has 0 saturated carbocycles. The van der Waals surface area contributed by atoms with Gasteiger partial charge in [-0.1, -0.05) is 12.1 Å². The number of nitrogens with one attached hydrogen (secondary N) is 1. The van der Waals surface area contributed by atoms with E-state index < -0.39 is 6.03 Å². The highest BCUT2D eigenvalue weighted by molar-refractivity contribution is 5.89. The van der Waals surface area contributed by atoms with Gasteiger partial charge in [-0.2, -0.15) is 0 Å². The molecule has 1 atom stereocenters. The molecular formula is C22H25N7O2. The normalized spacial score (nSPS) is 19.0. The van der Waals surface area contributed by atoms with E-state index in [2.05, 4.69) is 49.4 Å². The van der Waals surface area contributed by atoms with Crippen LogP contribution in [0.5, 0.6) is 0 Å². The number of benzene rings is 1. The predicted octanol–water partition coefficient (Wildman–Crippen LogP) is 1.78. The van der Waals surface area contributed by atoms with Crippen molar-refractivity contribution in [3.8, 4) is 11.3 Å². The maximum atomic E-state index is 11.2. The van der Waals surface area contributed by atoms with E-state index in [1.807, 2.05) is 6.07 Å². The third-order valence-corrected chi connectivity index (χ3v) is 5.81. The monoisotopic (exact) mass is 419 g/mol. The van der Waals surface area contributed by atoms with Crippen molar-refractivity contribution in [3.05, 3.63) is 42.7 Å². The van der Waals surface area contributed by atoms with E-state index in [4.69, 9.17) is 15.5 Å². The van der Waals surface area contributed by atoms with Crippen LogP contribution in [0.25, 0.3) is 22.3 Å². The lowest BCUT2D eigenvalue weighted by Crippen LogP contribution is -2.40. The summed E-state index contributed by atoms with van der Waals surface area (Å²) in [6, 6.07) is 9.93. The molecule has 1 aromatic carbocycles. The summed E-state index contributed by atoms with van der Waals surface area (Å²) in [5.41, 5.74) is 9.92. The summed E-state index contributed by atoms with van der Waals surface area (Å²) in [6.45, 7) is 4.74. The van der Waals surface area contributed by atoms with E-state index in [9.17, 15) is 4.79 Å². The third-order valence-electron chi connectivity index (χ3n) is 5.81. The smallest absolute Gasteiger partial charge is 0.312 e. The highest BCUT2D eigenvalue weighted by atomic mass is 16.5. The minimum absolute atomic E-state index is 0.00230. The number of nitrogens with two attached hydrogens (primary N) is 1. The molecule has 2 aromatic heterocycles. The zero-order chi connectivity index (χ0) is 21.2. The van der Waals surface area contributed by atoms with Crippen LogP contribution in [0.15, 0.2) is 42.7 Å². The number of pyridine rings is 1. The number of nitrogens with zero attached hydrogens (tertiary/aromatic N) is 5. The minimum Gasteiger partial charge on any atom is -0.378 e. The first kappa shape index (κ1) is 19.5. The van der Waals surface area contributed by atoms with Gasteiger partial charge in [0, 0.05) is 55.9 Å². The van der Waals surface area contributed by atoms with E-state index in [0.29, 0.717) is 6.54 Å². The first-order chi connectivity index (χ1) is 15.2. The molecule has 31 heavy (non-hydrogen) atoms. The zero-order valence-corrected chi connectivity index (χ0v) is 17.2. The zero-order valence-electron chi connectivity index (χ0n) is 17.2. The van der Waals surface area contributed by atoms with Crippen LogP contribution < -0.4 is 20.9 Å². The fraction of sp³-hybridized carbons (Fsp3) is 0.364. The van der Waals surface area contributed by atoms with Gasteiger partial charge in [0.15, 0.2) is 5.82 Å². The number of urea groups is 1. The van der Waals surface area contributed by atoms with E-state index >= 15 is 0 Å². The summed E-state index contributed by atoms with van der Waals surface area (Å²) in [4.78, 5) is 29.7. The van der Waals surface area contributed by atoms with Crippen molar-refractivity contribution >= 4 is 28.6 Å². The number of hydrogen-bond donors (Lipinski definition) is 2. The van der Waals surface area contributed by atoms with E-state index in [-0.39, 0.29) is 6.04 Å². The first-order valence-electron chi connectivity index (χ1n) is 10.5. The Morgan fingerprint density at radius 3 is 2.61 bits per heavy atom. The summed E-state index contributed by atoms with van der Waals surface area (Å²) in [5, 5.41) is 2.79. The van der Waals surface area contributed by atoms with Gasteiger partial charge >= 0.3 is 6.03 Å². The van der Waals surface area contributed by atoms with Crippen LogP contribution in [0.3, 0.4) is 0 Å². The summed E-state index contributed by atoms with van der Waals surface area (Å²) in [7, 11) is 0. The number of carbonyl (C=O) groups excluding carboxylic acids is 1. The van der Waals surface area contributed by atoms with Crippen molar-refractivity contribution in [1.29, 1.82) is 0 Å². The van der Waals surface area contributed by atoms with Gasteiger partial charge in [0.05, 0.1) is 24.4 Å². The van der Waals surface area contributed by atoms with Crippen molar-refractivity contribution in [2.24, 2.45) is 5.73 Å². The Kier molecular flexibility index (Phi) is 5.25. The topological polar surface area (TPSA) is 110 Å². The number of primary amides is 1. The van der Waals surface area contributed by atoms with Gasteiger partial charge in [-0.15, -0.1) is 0 Å². The maximum absolute atomic E-state index is 11.2. The number of ether oxygens (including phenoxy) is 1. The molecule has 4 heterocycles. The fourth-order valence-electron chi connectivity index (χ4n) is 4.26. The molecule has 2 aliphatic heterocycles. The number of aromatic nitrogens is 3. The van der Waals surface area contributed by atoms with E-state index in [1.54, 1.807) is 12.4 Å². The fourth-order valence-corrected chi connectivity index (χ4v) is 4.26. The highest BCUT2D eigenvalue weighted by Gasteiger charge is 2.26.